The van der Waals surface area contributed by atoms with Crippen LogP contribution in [0.2, 0.25) is 0 Å². The number of hydrogen-bond acceptors (Lipinski definition) is 6. The smallest absolute Gasteiger partial charge is 0.306 e. The van der Waals surface area contributed by atoms with Gasteiger partial charge < -0.3 is 14.2 Å². The monoisotopic (exact) mass is 977 g/mol. The molecule has 0 aromatic heterocycles. The number of carbonyl (C=O) groups is 3. The van der Waals surface area contributed by atoms with Crippen molar-refractivity contribution in [3.63, 3.8) is 0 Å². The molecule has 0 fully saturated rings. The van der Waals surface area contributed by atoms with Gasteiger partial charge in [-0.25, -0.2) is 0 Å². The van der Waals surface area contributed by atoms with E-state index < -0.39 is 6.10 Å². The summed E-state index contributed by atoms with van der Waals surface area (Å²) in [5.74, 6) is -1.04. The van der Waals surface area contributed by atoms with Crippen molar-refractivity contribution >= 4 is 17.9 Å². The van der Waals surface area contributed by atoms with Crippen molar-refractivity contribution < 1.29 is 28.6 Å². The van der Waals surface area contributed by atoms with E-state index in [0.717, 1.165) is 128 Å². The molecule has 0 amide bonds. The first-order chi connectivity index (χ1) is 35.0. The topological polar surface area (TPSA) is 78.9 Å². The highest BCUT2D eigenvalue weighted by atomic mass is 16.6. The van der Waals surface area contributed by atoms with Crippen LogP contribution >= 0.6 is 0 Å². The molecular weight excluding hydrogens is 877 g/mol. The molecule has 0 aromatic rings. The molecule has 0 saturated carbocycles. The molecule has 6 nitrogen and oxygen atoms in total. The maximum Gasteiger partial charge on any atom is 0.306 e. The molecule has 0 aromatic carbocycles. The molecule has 0 aliphatic carbocycles. The molecule has 0 aliphatic heterocycles. The first-order valence-corrected chi connectivity index (χ1v) is 28.1. The molecule has 396 valence electrons. The second-order valence-corrected chi connectivity index (χ2v) is 17.9. The second kappa shape index (κ2) is 57.6. The van der Waals surface area contributed by atoms with Crippen LogP contribution in [0.4, 0.5) is 0 Å². The predicted octanol–water partition coefficient (Wildman–Crippen LogP) is 19.0. The van der Waals surface area contributed by atoms with E-state index in [0.29, 0.717) is 12.8 Å². The van der Waals surface area contributed by atoms with Crippen molar-refractivity contribution in [1.29, 1.82) is 0 Å². The van der Waals surface area contributed by atoms with Crippen LogP contribution in [0.3, 0.4) is 0 Å². The van der Waals surface area contributed by atoms with Crippen LogP contribution < -0.4 is 0 Å². The summed E-state index contributed by atoms with van der Waals surface area (Å²) in [5.41, 5.74) is 0. The van der Waals surface area contributed by atoms with E-state index in [4.69, 9.17) is 14.2 Å². The molecule has 0 bridgehead atoms. The van der Waals surface area contributed by atoms with Gasteiger partial charge in [0.2, 0.25) is 0 Å². The maximum absolute atomic E-state index is 12.9. The number of ether oxygens (including phenoxy) is 3. The Morgan fingerprint density at radius 1 is 0.310 bits per heavy atom. The van der Waals surface area contributed by atoms with Crippen molar-refractivity contribution in [2.45, 2.75) is 219 Å². The van der Waals surface area contributed by atoms with Gasteiger partial charge in [0.25, 0.3) is 0 Å². The van der Waals surface area contributed by atoms with Gasteiger partial charge in [-0.15, -0.1) is 0 Å². The van der Waals surface area contributed by atoms with Gasteiger partial charge in [0.1, 0.15) is 13.2 Å². The van der Waals surface area contributed by atoms with Crippen molar-refractivity contribution in [2.75, 3.05) is 13.2 Å². The van der Waals surface area contributed by atoms with Crippen LogP contribution in [0, 0.1) is 0 Å². The normalized spacial score (nSPS) is 13.3. The predicted molar refractivity (Wildman–Crippen MR) is 306 cm³/mol. The summed E-state index contributed by atoms with van der Waals surface area (Å²) in [6, 6.07) is 0. The van der Waals surface area contributed by atoms with Crippen LogP contribution in [-0.4, -0.2) is 37.2 Å². The highest BCUT2D eigenvalue weighted by molar-refractivity contribution is 5.71. The van der Waals surface area contributed by atoms with Crippen molar-refractivity contribution in [3.8, 4) is 0 Å². The molecule has 1 unspecified atom stereocenters. The zero-order valence-electron chi connectivity index (χ0n) is 45.2. The standard InChI is InChI=1S/C65H100O6/c1-4-7-10-13-16-19-22-25-28-31-34-37-40-43-46-49-52-55-58-64(67)70-61-62(60-69-63(66)57-54-51-48-45-42-39-36-33-30-27-24-21-18-15-12-9-6-3)71-65(68)59-56-53-50-47-44-41-38-35-32-29-26-23-20-17-14-11-8-5-2/h9,12,16-23,25-32,34-39,45,48,62H,4-8,10-11,13-15,24,33,40-44,46-47,49-61H2,1-3H3/b12-9-,19-16-,20-17-,21-18-,25-22-,26-23-,30-27-,31-28-,32-29-,37-34-,38-35-,39-36-,48-45-. The van der Waals surface area contributed by atoms with E-state index in [1.807, 2.05) is 0 Å². The molecule has 0 radical (unpaired) electrons. The Morgan fingerprint density at radius 3 is 1.03 bits per heavy atom. The highest BCUT2D eigenvalue weighted by Gasteiger charge is 2.19. The van der Waals surface area contributed by atoms with Crippen LogP contribution in [0.25, 0.3) is 0 Å². The Balaban J connectivity index is 4.62. The van der Waals surface area contributed by atoms with E-state index in [9.17, 15) is 14.4 Å². The molecular formula is C65H100O6. The SMILES string of the molecule is CC/C=C\C/C=C\C/C=C\C/C=C\C/C=C\CCCC(=O)OCC(COC(=O)CCCCCCC\C=C/C=C\C=C/C=C\CCCCC)OC(=O)CCCCCCC\C=C/C=C\C=C/C=C\CCCCC. The van der Waals surface area contributed by atoms with Crippen LogP contribution in [0.1, 0.15) is 213 Å². The van der Waals surface area contributed by atoms with Crippen molar-refractivity contribution in [3.05, 3.63) is 158 Å². The van der Waals surface area contributed by atoms with Gasteiger partial charge in [0.05, 0.1) is 0 Å². The average molecular weight is 978 g/mol. The van der Waals surface area contributed by atoms with Crippen LogP contribution in [-0.2, 0) is 28.6 Å². The minimum atomic E-state index is -0.833. The number of esters is 3. The van der Waals surface area contributed by atoms with Gasteiger partial charge in [-0.05, 0) is 109 Å². The Labute approximate surface area is 435 Å². The van der Waals surface area contributed by atoms with E-state index in [1.54, 1.807) is 0 Å². The summed E-state index contributed by atoms with van der Waals surface area (Å²) in [5, 5.41) is 0. The highest BCUT2D eigenvalue weighted by Crippen LogP contribution is 2.12. The van der Waals surface area contributed by atoms with Gasteiger partial charge in [-0.2, -0.15) is 0 Å². The molecule has 0 heterocycles. The third kappa shape index (κ3) is 55.8. The molecule has 0 N–H and O–H groups in total. The van der Waals surface area contributed by atoms with Gasteiger partial charge in [0.15, 0.2) is 6.10 Å². The lowest BCUT2D eigenvalue weighted by atomic mass is 10.1. The molecule has 6 heteroatoms. The Hall–Kier alpha value is -4.97. The van der Waals surface area contributed by atoms with E-state index in [2.05, 4.69) is 179 Å². The van der Waals surface area contributed by atoms with Crippen molar-refractivity contribution in [1.82, 2.24) is 0 Å². The van der Waals surface area contributed by atoms with E-state index in [1.165, 1.54) is 38.5 Å². The first kappa shape index (κ1) is 66.0. The lowest BCUT2D eigenvalue weighted by Gasteiger charge is -2.18. The minimum absolute atomic E-state index is 0.126. The third-order valence-corrected chi connectivity index (χ3v) is 11.2. The first-order valence-electron chi connectivity index (χ1n) is 28.1. The largest absolute Gasteiger partial charge is 0.462 e. The quantitative estimate of drug-likeness (QED) is 0.0199. The van der Waals surface area contributed by atoms with Crippen LogP contribution in [0.5, 0.6) is 0 Å². The number of rotatable bonds is 48. The van der Waals surface area contributed by atoms with E-state index >= 15 is 0 Å². The molecule has 0 rings (SSSR count). The molecule has 0 spiro atoms. The Morgan fingerprint density at radius 2 is 0.620 bits per heavy atom. The number of allylic oxidation sites excluding steroid dienone is 26. The van der Waals surface area contributed by atoms with E-state index in [-0.39, 0.29) is 44.0 Å². The fourth-order valence-corrected chi connectivity index (χ4v) is 6.97. The molecule has 1 atom stereocenters. The van der Waals surface area contributed by atoms with Gasteiger partial charge in [-0.3, -0.25) is 14.4 Å². The minimum Gasteiger partial charge on any atom is -0.462 e. The third-order valence-electron chi connectivity index (χ3n) is 11.2. The zero-order chi connectivity index (χ0) is 51.4. The number of unbranched alkanes of at least 4 members (excludes halogenated alkanes) is 17. The van der Waals surface area contributed by atoms with Crippen LogP contribution in [0.15, 0.2) is 158 Å². The number of hydrogen-bond donors (Lipinski definition) is 0. The summed E-state index contributed by atoms with van der Waals surface area (Å²) < 4.78 is 16.8. The summed E-state index contributed by atoms with van der Waals surface area (Å²) in [4.78, 5) is 38.1. The Kier molecular flexibility index (Phi) is 53.6. The average Bonchev–Trinajstić information content (AvgIpc) is 3.37. The summed E-state index contributed by atoms with van der Waals surface area (Å²) >= 11 is 0. The number of carbonyl (C=O) groups excluding carboxylic acids is 3. The van der Waals surface area contributed by atoms with Crippen molar-refractivity contribution in [2.24, 2.45) is 0 Å². The molecule has 0 aliphatic rings. The summed E-state index contributed by atoms with van der Waals surface area (Å²) in [6.07, 6.45) is 83.6. The van der Waals surface area contributed by atoms with Gasteiger partial charge in [-0.1, -0.05) is 243 Å². The summed E-state index contributed by atoms with van der Waals surface area (Å²) in [7, 11) is 0. The lowest BCUT2D eigenvalue weighted by Crippen LogP contribution is -2.30. The maximum atomic E-state index is 12.9. The fraction of sp³-hybridized carbons (Fsp3) is 0.554. The molecule has 0 saturated heterocycles. The van der Waals surface area contributed by atoms with Gasteiger partial charge in [0, 0.05) is 19.3 Å². The second-order valence-electron chi connectivity index (χ2n) is 17.9. The summed E-state index contributed by atoms with van der Waals surface area (Å²) in [6.45, 7) is 6.34. The zero-order valence-corrected chi connectivity index (χ0v) is 45.2. The fourth-order valence-electron chi connectivity index (χ4n) is 6.97. The lowest BCUT2D eigenvalue weighted by molar-refractivity contribution is -0.167. The van der Waals surface area contributed by atoms with Gasteiger partial charge >= 0.3 is 17.9 Å². The Bertz CT molecular complexity index is 1640. The molecule has 71 heavy (non-hydrogen) atoms.